The van der Waals surface area contributed by atoms with Crippen LogP contribution in [0.4, 0.5) is 0 Å². The van der Waals surface area contributed by atoms with Gasteiger partial charge in [-0.1, -0.05) is 32.1 Å². The van der Waals surface area contributed by atoms with E-state index in [1.807, 2.05) is 0 Å². The molecule has 0 aromatic heterocycles. The molecular formula is C11H19NO3. The fourth-order valence-corrected chi connectivity index (χ4v) is 2.26. The number of likely N-dealkylation sites (N-methyl/N-ethyl adjacent to an activating group) is 1. The van der Waals surface area contributed by atoms with Gasteiger partial charge < -0.3 is 10.4 Å². The molecule has 15 heavy (non-hydrogen) atoms. The third kappa shape index (κ3) is 3.63. The normalized spacial score (nSPS) is 19.8. The van der Waals surface area contributed by atoms with Crippen molar-refractivity contribution in [3.8, 4) is 0 Å². The molecule has 1 rings (SSSR count). The zero-order valence-electron chi connectivity index (χ0n) is 9.16. The largest absolute Gasteiger partial charge is 0.475 e. The van der Waals surface area contributed by atoms with Crippen LogP contribution in [0.1, 0.15) is 38.5 Å². The third-order valence-electron chi connectivity index (χ3n) is 3.17. The van der Waals surface area contributed by atoms with E-state index in [0.29, 0.717) is 12.3 Å². The van der Waals surface area contributed by atoms with Crippen molar-refractivity contribution in [3.05, 3.63) is 0 Å². The molecule has 1 aliphatic rings. The molecular weight excluding hydrogens is 194 g/mol. The summed E-state index contributed by atoms with van der Waals surface area (Å²) in [5, 5.41) is 11.4. The summed E-state index contributed by atoms with van der Waals surface area (Å²) in [6, 6.07) is -0.509. The van der Waals surface area contributed by atoms with Gasteiger partial charge in [-0.3, -0.25) is 4.79 Å². The van der Waals surface area contributed by atoms with E-state index in [1.54, 1.807) is 7.05 Å². The summed E-state index contributed by atoms with van der Waals surface area (Å²) >= 11 is 0. The molecule has 0 aromatic carbocycles. The van der Waals surface area contributed by atoms with Gasteiger partial charge in [0.15, 0.2) is 0 Å². The lowest BCUT2D eigenvalue weighted by Crippen LogP contribution is -2.40. The van der Waals surface area contributed by atoms with Crippen LogP contribution in [0, 0.1) is 5.92 Å². The van der Waals surface area contributed by atoms with Crippen molar-refractivity contribution in [3.63, 3.8) is 0 Å². The molecule has 86 valence electrons. The van der Waals surface area contributed by atoms with Crippen LogP contribution >= 0.6 is 0 Å². The first-order valence-electron chi connectivity index (χ1n) is 5.59. The van der Waals surface area contributed by atoms with Crippen molar-refractivity contribution >= 4 is 11.8 Å². The Balaban J connectivity index is 2.44. The minimum Gasteiger partial charge on any atom is -0.475 e. The Morgan fingerprint density at radius 1 is 1.33 bits per heavy atom. The van der Waals surface area contributed by atoms with Crippen molar-refractivity contribution < 1.29 is 14.7 Å². The highest BCUT2D eigenvalue weighted by atomic mass is 16.4. The molecule has 1 fully saturated rings. The van der Waals surface area contributed by atoms with Crippen LogP contribution in [0.3, 0.4) is 0 Å². The topological polar surface area (TPSA) is 66.4 Å². The molecule has 0 saturated heterocycles. The Morgan fingerprint density at radius 3 is 2.40 bits per heavy atom. The molecule has 0 aromatic rings. The van der Waals surface area contributed by atoms with Crippen LogP contribution in [0.15, 0.2) is 0 Å². The van der Waals surface area contributed by atoms with E-state index >= 15 is 0 Å². The van der Waals surface area contributed by atoms with Crippen LogP contribution in [-0.2, 0) is 9.59 Å². The zero-order valence-corrected chi connectivity index (χ0v) is 9.16. The molecule has 0 amide bonds. The fourth-order valence-electron chi connectivity index (χ4n) is 2.26. The van der Waals surface area contributed by atoms with Gasteiger partial charge in [-0.2, -0.15) is 0 Å². The number of rotatable bonds is 5. The number of hydrogen-bond acceptors (Lipinski definition) is 3. The minimum absolute atomic E-state index is 0.509. The van der Waals surface area contributed by atoms with Gasteiger partial charge in [0.1, 0.15) is 0 Å². The number of Topliss-reactive ketones (excluding diaryl/α,β-unsaturated/α-hetero) is 1. The molecule has 4 nitrogen and oxygen atoms in total. The predicted octanol–water partition coefficient (Wildman–Crippen LogP) is 1.20. The number of aliphatic carboxylic acids is 1. The molecule has 0 radical (unpaired) electrons. The number of ketones is 1. The first kappa shape index (κ1) is 12.2. The standard InChI is InChI=1S/C11H19NO3/c1-12-9(10(13)11(14)15)7-8-5-3-2-4-6-8/h8-9,12H,2-7H2,1H3,(H,14,15)/t9-/m0/s1. The number of carboxylic acids is 1. The van der Waals surface area contributed by atoms with E-state index in [4.69, 9.17) is 5.11 Å². The van der Waals surface area contributed by atoms with Gasteiger partial charge in [0.05, 0.1) is 6.04 Å². The molecule has 0 heterocycles. The molecule has 0 unspecified atom stereocenters. The highest BCUT2D eigenvalue weighted by Crippen LogP contribution is 2.27. The van der Waals surface area contributed by atoms with Crippen LogP contribution in [0.2, 0.25) is 0 Å². The highest BCUT2D eigenvalue weighted by molar-refractivity contribution is 6.34. The number of nitrogens with one attached hydrogen (secondary N) is 1. The molecule has 1 atom stereocenters. The molecule has 0 spiro atoms. The maximum atomic E-state index is 11.3. The van der Waals surface area contributed by atoms with Gasteiger partial charge >= 0.3 is 5.97 Å². The lowest BCUT2D eigenvalue weighted by molar-refractivity contribution is -0.150. The molecule has 4 heteroatoms. The van der Waals surface area contributed by atoms with E-state index in [1.165, 1.54) is 19.3 Å². The third-order valence-corrected chi connectivity index (χ3v) is 3.17. The summed E-state index contributed by atoms with van der Waals surface area (Å²) < 4.78 is 0. The Morgan fingerprint density at radius 2 is 1.93 bits per heavy atom. The van der Waals surface area contributed by atoms with Crippen LogP contribution < -0.4 is 5.32 Å². The van der Waals surface area contributed by atoms with Gasteiger partial charge in [0.25, 0.3) is 5.78 Å². The molecule has 1 aliphatic carbocycles. The first-order valence-corrected chi connectivity index (χ1v) is 5.59. The van der Waals surface area contributed by atoms with Crippen LogP contribution in [-0.4, -0.2) is 29.9 Å². The number of carboxylic acid groups (broad SMARTS) is 1. The van der Waals surface area contributed by atoms with Crippen molar-refractivity contribution in [2.24, 2.45) is 5.92 Å². The average Bonchev–Trinajstić information content (AvgIpc) is 2.26. The van der Waals surface area contributed by atoms with Crippen LogP contribution in [0.5, 0.6) is 0 Å². The first-order chi connectivity index (χ1) is 7.15. The predicted molar refractivity (Wildman–Crippen MR) is 56.7 cm³/mol. The van der Waals surface area contributed by atoms with Crippen molar-refractivity contribution in [2.75, 3.05) is 7.05 Å². The number of carbonyl (C=O) groups is 2. The SMILES string of the molecule is CN[C@@H](CC1CCCCC1)C(=O)C(=O)O. The van der Waals surface area contributed by atoms with E-state index < -0.39 is 17.8 Å². The Kier molecular flexibility index (Phi) is 4.75. The number of hydrogen-bond donors (Lipinski definition) is 2. The molecule has 1 saturated carbocycles. The maximum Gasteiger partial charge on any atom is 0.373 e. The Bertz CT molecular complexity index is 234. The van der Waals surface area contributed by atoms with Crippen molar-refractivity contribution in [1.82, 2.24) is 5.32 Å². The van der Waals surface area contributed by atoms with E-state index in [0.717, 1.165) is 12.8 Å². The Labute approximate surface area is 90.0 Å². The summed E-state index contributed by atoms with van der Waals surface area (Å²) in [6.07, 6.45) is 6.62. The second-order valence-electron chi connectivity index (χ2n) is 4.25. The van der Waals surface area contributed by atoms with Gasteiger partial charge in [-0.15, -0.1) is 0 Å². The number of carbonyl (C=O) groups excluding carboxylic acids is 1. The van der Waals surface area contributed by atoms with Crippen molar-refractivity contribution in [1.29, 1.82) is 0 Å². The van der Waals surface area contributed by atoms with E-state index in [2.05, 4.69) is 5.32 Å². The minimum atomic E-state index is -1.33. The molecule has 2 N–H and O–H groups in total. The summed E-state index contributed by atoms with van der Waals surface area (Å²) in [6.45, 7) is 0. The van der Waals surface area contributed by atoms with E-state index in [9.17, 15) is 9.59 Å². The lowest BCUT2D eigenvalue weighted by atomic mass is 9.84. The average molecular weight is 213 g/mol. The second kappa shape index (κ2) is 5.85. The quantitative estimate of drug-likeness (QED) is 0.673. The van der Waals surface area contributed by atoms with E-state index in [-0.39, 0.29) is 0 Å². The summed E-state index contributed by atoms with van der Waals surface area (Å²) in [5.74, 6) is -1.52. The fraction of sp³-hybridized carbons (Fsp3) is 0.818. The van der Waals surface area contributed by atoms with Gasteiger partial charge in [0, 0.05) is 0 Å². The highest BCUT2D eigenvalue weighted by Gasteiger charge is 2.26. The van der Waals surface area contributed by atoms with Crippen molar-refractivity contribution in [2.45, 2.75) is 44.6 Å². The zero-order chi connectivity index (χ0) is 11.3. The molecule has 0 aliphatic heterocycles. The van der Waals surface area contributed by atoms with Gasteiger partial charge in [-0.05, 0) is 19.4 Å². The summed E-state index contributed by atoms with van der Waals surface area (Å²) in [5.41, 5.74) is 0. The smallest absolute Gasteiger partial charge is 0.373 e. The van der Waals surface area contributed by atoms with Gasteiger partial charge in [0.2, 0.25) is 0 Å². The molecule has 0 bridgehead atoms. The summed E-state index contributed by atoms with van der Waals surface area (Å²) in [4.78, 5) is 21.8. The summed E-state index contributed by atoms with van der Waals surface area (Å²) in [7, 11) is 1.65. The van der Waals surface area contributed by atoms with Gasteiger partial charge in [-0.25, -0.2) is 4.79 Å². The monoisotopic (exact) mass is 213 g/mol. The Hall–Kier alpha value is -0.900. The maximum absolute atomic E-state index is 11.3. The van der Waals surface area contributed by atoms with Crippen LogP contribution in [0.25, 0.3) is 0 Å². The second-order valence-corrected chi connectivity index (χ2v) is 4.25. The lowest BCUT2D eigenvalue weighted by Gasteiger charge is -2.24.